The lowest BCUT2D eigenvalue weighted by Gasteiger charge is -2.29. The van der Waals surface area contributed by atoms with Gasteiger partial charge in [0.15, 0.2) is 0 Å². The fourth-order valence-electron chi connectivity index (χ4n) is 1.76. The molecule has 1 atom stereocenters. The molecule has 0 saturated heterocycles. The lowest BCUT2D eigenvalue weighted by molar-refractivity contribution is -0.152. The van der Waals surface area contributed by atoms with Crippen molar-refractivity contribution in [3.63, 3.8) is 0 Å². The Hall–Kier alpha value is -1.34. The van der Waals surface area contributed by atoms with E-state index in [1.54, 1.807) is 0 Å². The molecule has 0 radical (unpaired) electrons. The zero-order valence-electron chi connectivity index (χ0n) is 11.6. The van der Waals surface area contributed by atoms with Gasteiger partial charge in [0.1, 0.15) is 5.82 Å². The van der Waals surface area contributed by atoms with Crippen LogP contribution in [0.3, 0.4) is 0 Å². The molecule has 3 nitrogen and oxygen atoms in total. The molecule has 0 unspecified atom stereocenters. The number of hydrogen-bond donors (Lipinski definition) is 1. The number of benzene rings is 1. The highest BCUT2D eigenvalue weighted by Crippen LogP contribution is 2.37. The number of rotatable bonds is 3. The van der Waals surface area contributed by atoms with E-state index in [2.05, 4.69) is 4.74 Å². The molecule has 0 aliphatic carbocycles. The van der Waals surface area contributed by atoms with Gasteiger partial charge in [-0.1, -0.05) is 6.07 Å². The van der Waals surface area contributed by atoms with Crippen LogP contribution in [0.2, 0.25) is 0 Å². The fraction of sp³-hybridized carbons (Fsp3) is 0.462. The molecule has 0 bridgehead atoms. The van der Waals surface area contributed by atoms with E-state index >= 15 is 0 Å². The van der Waals surface area contributed by atoms with Crippen LogP contribution in [0.25, 0.3) is 0 Å². The van der Waals surface area contributed by atoms with Crippen molar-refractivity contribution < 1.29 is 27.1 Å². The molecule has 1 rings (SSSR count). The van der Waals surface area contributed by atoms with E-state index in [4.69, 9.17) is 5.73 Å². The molecular weight excluding hydrogens is 314 g/mol. The van der Waals surface area contributed by atoms with Crippen molar-refractivity contribution in [2.75, 3.05) is 7.11 Å². The maximum absolute atomic E-state index is 13.2. The summed E-state index contributed by atoms with van der Waals surface area (Å²) in [6, 6.07) is 1.37. The summed E-state index contributed by atoms with van der Waals surface area (Å²) in [5.74, 6) is -2.05. The van der Waals surface area contributed by atoms with E-state index in [0.717, 1.165) is 13.2 Å². The van der Waals surface area contributed by atoms with Crippen LogP contribution in [-0.2, 0) is 15.7 Å². The molecule has 0 amide bonds. The lowest BCUT2D eigenvalue weighted by Crippen LogP contribution is -2.37. The molecule has 1 aromatic rings. The number of methoxy groups -OCH3 is 1. The van der Waals surface area contributed by atoms with Crippen LogP contribution >= 0.6 is 12.4 Å². The largest absolute Gasteiger partial charge is 0.469 e. The van der Waals surface area contributed by atoms with Gasteiger partial charge in [-0.05, 0) is 31.5 Å². The Bertz CT molecular complexity index is 517. The van der Waals surface area contributed by atoms with Gasteiger partial charge in [0, 0.05) is 6.04 Å². The number of alkyl halides is 3. The topological polar surface area (TPSA) is 52.3 Å². The van der Waals surface area contributed by atoms with Crippen LogP contribution in [0.1, 0.15) is 31.0 Å². The highest BCUT2D eigenvalue weighted by molar-refractivity contribution is 5.85. The van der Waals surface area contributed by atoms with Crippen LogP contribution in [0, 0.1) is 11.2 Å². The standard InChI is InChI=1S/C13H15F4NO2.ClH/c1-12(2,11(19)20-3)10(18)7-4-5-9(14)8(6-7)13(15,16)17;/h4-6,10H,18H2,1-3H3;1H/t10-;/m0./s1. The molecule has 0 fully saturated rings. The summed E-state index contributed by atoms with van der Waals surface area (Å²) in [4.78, 5) is 11.6. The molecular formula is C13H16ClF4NO2. The van der Waals surface area contributed by atoms with Gasteiger partial charge in [-0.15, -0.1) is 12.4 Å². The summed E-state index contributed by atoms with van der Waals surface area (Å²) < 4.78 is 55.7. The lowest BCUT2D eigenvalue weighted by atomic mass is 9.80. The Morgan fingerprint density at radius 2 is 1.81 bits per heavy atom. The Morgan fingerprint density at radius 1 is 1.29 bits per heavy atom. The number of esters is 1. The Labute approximate surface area is 125 Å². The third kappa shape index (κ3) is 4.07. The van der Waals surface area contributed by atoms with Crippen molar-refractivity contribution in [2.45, 2.75) is 26.1 Å². The van der Waals surface area contributed by atoms with Crippen molar-refractivity contribution in [1.82, 2.24) is 0 Å². The minimum Gasteiger partial charge on any atom is -0.469 e. The van der Waals surface area contributed by atoms with E-state index in [1.165, 1.54) is 13.8 Å². The first-order chi connectivity index (χ1) is 9.01. The minimum absolute atomic E-state index is 0. The number of carbonyl (C=O) groups is 1. The quantitative estimate of drug-likeness (QED) is 0.682. The normalized spacial score (nSPS) is 13.3. The second-order valence-electron chi connectivity index (χ2n) is 4.93. The summed E-state index contributed by atoms with van der Waals surface area (Å²) in [5, 5.41) is 0. The monoisotopic (exact) mass is 329 g/mol. The van der Waals surface area contributed by atoms with Crippen molar-refractivity contribution >= 4 is 18.4 Å². The molecule has 0 aliphatic rings. The van der Waals surface area contributed by atoms with Gasteiger partial charge >= 0.3 is 12.1 Å². The Kier molecular flexibility index (Phi) is 6.19. The molecule has 120 valence electrons. The second kappa shape index (κ2) is 6.62. The third-order valence-electron chi connectivity index (χ3n) is 3.14. The van der Waals surface area contributed by atoms with E-state index in [-0.39, 0.29) is 18.0 Å². The van der Waals surface area contributed by atoms with E-state index < -0.39 is 35.0 Å². The number of carbonyl (C=O) groups excluding carboxylic acids is 1. The Morgan fingerprint density at radius 3 is 2.24 bits per heavy atom. The summed E-state index contributed by atoms with van der Waals surface area (Å²) in [5.41, 5.74) is 3.18. The van der Waals surface area contributed by atoms with Gasteiger partial charge in [-0.2, -0.15) is 13.2 Å². The Balaban J connectivity index is 0.00000400. The van der Waals surface area contributed by atoms with Crippen molar-refractivity contribution in [3.8, 4) is 0 Å². The van der Waals surface area contributed by atoms with Crippen molar-refractivity contribution in [2.24, 2.45) is 11.1 Å². The van der Waals surface area contributed by atoms with Gasteiger partial charge in [0.25, 0.3) is 0 Å². The molecule has 0 saturated carbocycles. The van der Waals surface area contributed by atoms with Gasteiger partial charge in [-0.25, -0.2) is 4.39 Å². The molecule has 0 aliphatic heterocycles. The average Bonchev–Trinajstić information content (AvgIpc) is 2.35. The number of halogens is 5. The van der Waals surface area contributed by atoms with Crippen LogP contribution in [0.15, 0.2) is 18.2 Å². The number of hydrogen-bond acceptors (Lipinski definition) is 3. The first kappa shape index (κ1) is 19.7. The van der Waals surface area contributed by atoms with Crippen molar-refractivity contribution in [3.05, 3.63) is 35.1 Å². The predicted molar refractivity (Wildman–Crippen MR) is 71.4 cm³/mol. The summed E-state index contributed by atoms with van der Waals surface area (Å²) in [7, 11) is 1.16. The smallest absolute Gasteiger partial charge is 0.419 e. The molecule has 0 spiro atoms. The molecule has 21 heavy (non-hydrogen) atoms. The summed E-state index contributed by atoms with van der Waals surface area (Å²) in [6.07, 6.45) is -4.82. The molecule has 0 heterocycles. The van der Waals surface area contributed by atoms with Crippen LogP contribution in [-0.4, -0.2) is 13.1 Å². The highest BCUT2D eigenvalue weighted by Gasteiger charge is 2.39. The first-order valence-electron chi connectivity index (χ1n) is 5.72. The van der Waals surface area contributed by atoms with E-state index in [1.807, 2.05) is 0 Å². The van der Waals surface area contributed by atoms with E-state index in [9.17, 15) is 22.4 Å². The molecule has 1 aromatic carbocycles. The number of ether oxygens (including phenoxy) is 1. The second-order valence-corrected chi connectivity index (χ2v) is 4.93. The first-order valence-corrected chi connectivity index (χ1v) is 5.72. The average molecular weight is 330 g/mol. The summed E-state index contributed by atoms with van der Waals surface area (Å²) in [6.45, 7) is 2.89. The van der Waals surface area contributed by atoms with Gasteiger partial charge in [0.2, 0.25) is 0 Å². The number of nitrogens with two attached hydrogens (primary N) is 1. The third-order valence-corrected chi connectivity index (χ3v) is 3.14. The predicted octanol–water partition coefficient (Wildman–Crippen LogP) is 3.47. The maximum Gasteiger partial charge on any atom is 0.419 e. The van der Waals surface area contributed by atoms with Crippen LogP contribution in [0.5, 0.6) is 0 Å². The van der Waals surface area contributed by atoms with Gasteiger partial charge in [0.05, 0.1) is 18.1 Å². The molecule has 8 heteroatoms. The summed E-state index contributed by atoms with van der Waals surface area (Å²) >= 11 is 0. The SMILES string of the molecule is COC(=O)C(C)(C)[C@@H](N)c1ccc(F)c(C(F)(F)F)c1.Cl. The maximum atomic E-state index is 13.2. The minimum atomic E-state index is -4.82. The van der Waals surface area contributed by atoms with Crippen LogP contribution in [0.4, 0.5) is 17.6 Å². The van der Waals surface area contributed by atoms with Gasteiger partial charge < -0.3 is 10.5 Å². The molecule has 0 aromatic heterocycles. The highest BCUT2D eigenvalue weighted by atomic mass is 35.5. The zero-order chi connectivity index (χ0) is 15.7. The molecule has 2 N–H and O–H groups in total. The van der Waals surface area contributed by atoms with Crippen molar-refractivity contribution in [1.29, 1.82) is 0 Å². The van der Waals surface area contributed by atoms with Crippen LogP contribution < -0.4 is 5.73 Å². The van der Waals surface area contributed by atoms with Gasteiger partial charge in [-0.3, -0.25) is 4.79 Å². The zero-order valence-corrected chi connectivity index (χ0v) is 12.4. The van der Waals surface area contributed by atoms with E-state index in [0.29, 0.717) is 12.1 Å². The fourth-order valence-corrected chi connectivity index (χ4v) is 1.76.